The number of rotatable bonds is 44. The van der Waals surface area contributed by atoms with Gasteiger partial charge in [-0.05, 0) is 103 Å². The van der Waals surface area contributed by atoms with E-state index in [4.69, 9.17) is 14.2 Å². The zero-order chi connectivity index (χ0) is 44.9. The van der Waals surface area contributed by atoms with Crippen molar-refractivity contribution < 1.29 is 23.8 Å². The van der Waals surface area contributed by atoms with Crippen molar-refractivity contribution in [3.8, 4) is 0 Å². The van der Waals surface area contributed by atoms with Crippen molar-refractivity contribution in [3.05, 3.63) is 122 Å². The average molecular weight is 857 g/mol. The summed E-state index contributed by atoms with van der Waals surface area (Å²) in [5.74, 6) is -0.490. The molecule has 0 spiro atoms. The standard InChI is InChI=1S/C57H92O5/c1-4-7-10-13-16-19-21-23-25-27-28-29-31-33-35-37-40-43-46-49-52-60-53-55(62-57(59)51-48-45-42-38-18-15-12-9-6-3)54-61-56(58)50-47-44-41-39-36-34-32-30-26-24-22-20-17-14-11-8-5-2/h7-8,10-11,16-17,19-20,23-26,28-29,32-35,39,41,55H,4-6,9,12-15,18,21-22,27,30-31,36-38,40,42-54H2,1-3H3/b10-7-,11-8-,19-16-,20-17-,25-23-,26-24-,29-28-,34-32-,35-33-,41-39-. The van der Waals surface area contributed by atoms with E-state index in [-0.39, 0.29) is 25.2 Å². The highest BCUT2D eigenvalue weighted by molar-refractivity contribution is 5.70. The Labute approximate surface area is 382 Å². The number of esters is 2. The summed E-state index contributed by atoms with van der Waals surface area (Å²) in [5, 5.41) is 0. The summed E-state index contributed by atoms with van der Waals surface area (Å²) < 4.78 is 17.3. The van der Waals surface area contributed by atoms with Gasteiger partial charge in [-0.25, -0.2) is 0 Å². The van der Waals surface area contributed by atoms with Crippen LogP contribution in [-0.2, 0) is 23.8 Å². The zero-order valence-corrected chi connectivity index (χ0v) is 40.1. The second-order valence-corrected chi connectivity index (χ2v) is 16.0. The first-order valence-corrected chi connectivity index (χ1v) is 25.1. The minimum atomic E-state index is -0.577. The second-order valence-electron chi connectivity index (χ2n) is 16.0. The molecule has 0 bridgehead atoms. The highest BCUT2D eigenvalue weighted by atomic mass is 16.6. The molecule has 5 heteroatoms. The molecule has 1 atom stereocenters. The lowest BCUT2D eigenvalue weighted by atomic mass is 10.1. The lowest BCUT2D eigenvalue weighted by Crippen LogP contribution is -2.30. The maximum Gasteiger partial charge on any atom is 0.306 e. The Bertz CT molecular complexity index is 1290. The van der Waals surface area contributed by atoms with E-state index in [0.29, 0.717) is 19.4 Å². The minimum absolute atomic E-state index is 0.0389. The van der Waals surface area contributed by atoms with Crippen molar-refractivity contribution >= 4 is 11.9 Å². The number of carbonyl (C=O) groups excluding carboxylic acids is 2. The smallest absolute Gasteiger partial charge is 0.306 e. The van der Waals surface area contributed by atoms with Gasteiger partial charge in [-0.1, -0.05) is 206 Å². The number of ether oxygens (including phenoxy) is 3. The predicted octanol–water partition coefficient (Wildman–Crippen LogP) is 17.0. The highest BCUT2D eigenvalue weighted by Crippen LogP contribution is 2.12. The largest absolute Gasteiger partial charge is 0.462 e. The fourth-order valence-corrected chi connectivity index (χ4v) is 6.34. The van der Waals surface area contributed by atoms with E-state index >= 15 is 0 Å². The van der Waals surface area contributed by atoms with Crippen molar-refractivity contribution in [2.24, 2.45) is 0 Å². The predicted molar refractivity (Wildman–Crippen MR) is 269 cm³/mol. The van der Waals surface area contributed by atoms with Crippen LogP contribution in [-0.4, -0.2) is 37.9 Å². The monoisotopic (exact) mass is 857 g/mol. The lowest BCUT2D eigenvalue weighted by molar-refractivity contribution is -0.163. The van der Waals surface area contributed by atoms with Gasteiger partial charge in [0.05, 0.1) is 6.61 Å². The van der Waals surface area contributed by atoms with Gasteiger partial charge in [0, 0.05) is 19.4 Å². The van der Waals surface area contributed by atoms with E-state index in [2.05, 4.69) is 142 Å². The Kier molecular flexibility index (Phi) is 48.6. The Hall–Kier alpha value is -3.70. The molecular formula is C57H92O5. The van der Waals surface area contributed by atoms with Crippen LogP contribution in [0.15, 0.2) is 122 Å². The van der Waals surface area contributed by atoms with E-state index in [1.165, 1.54) is 44.9 Å². The first-order chi connectivity index (χ1) is 30.6. The van der Waals surface area contributed by atoms with Crippen LogP contribution in [0, 0.1) is 0 Å². The van der Waals surface area contributed by atoms with Crippen molar-refractivity contribution in [1.82, 2.24) is 0 Å². The summed E-state index contributed by atoms with van der Waals surface area (Å²) in [7, 11) is 0. The van der Waals surface area contributed by atoms with Gasteiger partial charge in [-0.15, -0.1) is 0 Å². The molecule has 0 aliphatic rings. The number of hydrogen-bond donors (Lipinski definition) is 0. The summed E-state index contributed by atoms with van der Waals surface area (Å²) in [6.45, 7) is 7.45. The minimum Gasteiger partial charge on any atom is -0.462 e. The van der Waals surface area contributed by atoms with Gasteiger partial charge in [0.25, 0.3) is 0 Å². The van der Waals surface area contributed by atoms with Crippen LogP contribution >= 0.6 is 0 Å². The molecular weight excluding hydrogens is 765 g/mol. The topological polar surface area (TPSA) is 61.8 Å². The number of allylic oxidation sites excluding steroid dienone is 20. The Balaban J connectivity index is 4.36. The molecule has 0 rings (SSSR count). The van der Waals surface area contributed by atoms with Crippen LogP contribution in [0.5, 0.6) is 0 Å². The van der Waals surface area contributed by atoms with Crippen LogP contribution in [0.3, 0.4) is 0 Å². The van der Waals surface area contributed by atoms with Crippen LogP contribution in [0.2, 0.25) is 0 Å². The van der Waals surface area contributed by atoms with Crippen LogP contribution < -0.4 is 0 Å². The van der Waals surface area contributed by atoms with Gasteiger partial charge in [0.2, 0.25) is 0 Å². The van der Waals surface area contributed by atoms with Crippen LogP contribution in [0.4, 0.5) is 0 Å². The molecule has 0 aliphatic heterocycles. The summed E-state index contributed by atoms with van der Waals surface area (Å²) in [4.78, 5) is 25.3. The Morgan fingerprint density at radius 2 is 0.742 bits per heavy atom. The van der Waals surface area contributed by atoms with E-state index in [1.807, 2.05) is 0 Å². The van der Waals surface area contributed by atoms with E-state index < -0.39 is 6.10 Å². The Morgan fingerprint density at radius 3 is 1.21 bits per heavy atom. The molecule has 350 valence electrons. The highest BCUT2D eigenvalue weighted by Gasteiger charge is 2.17. The summed E-state index contributed by atoms with van der Waals surface area (Å²) >= 11 is 0. The zero-order valence-electron chi connectivity index (χ0n) is 40.1. The molecule has 0 radical (unpaired) electrons. The normalized spacial score (nSPS) is 13.3. The van der Waals surface area contributed by atoms with Gasteiger partial charge in [0.15, 0.2) is 6.10 Å². The summed E-state index contributed by atoms with van der Waals surface area (Å²) in [6, 6.07) is 0. The Morgan fingerprint density at radius 1 is 0.371 bits per heavy atom. The molecule has 0 amide bonds. The first kappa shape index (κ1) is 58.3. The molecule has 0 aromatic rings. The van der Waals surface area contributed by atoms with Crippen LogP contribution in [0.1, 0.15) is 201 Å². The molecule has 0 aromatic carbocycles. The number of carbonyl (C=O) groups is 2. The molecule has 62 heavy (non-hydrogen) atoms. The molecule has 0 saturated heterocycles. The third kappa shape index (κ3) is 49.0. The van der Waals surface area contributed by atoms with Crippen LogP contribution in [0.25, 0.3) is 0 Å². The van der Waals surface area contributed by atoms with Crippen molar-refractivity contribution in [2.75, 3.05) is 19.8 Å². The second kappa shape index (κ2) is 51.6. The fraction of sp³-hybridized carbons (Fsp3) is 0.614. The van der Waals surface area contributed by atoms with E-state index in [0.717, 1.165) is 122 Å². The molecule has 0 saturated carbocycles. The number of hydrogen-bond acceptors (Lipinski definition) is 5. The molecule has 0 N–H and O–H groups in total. The van der Waals surface area contributed by atoms with Gasteiger partial charge in [-0.2, -0.15) is 0 Å². The van der Waals surface area contributed by atoms with Crippen molar-refractivity contribution in [2.45, 2.75) is 207 Å². The van der Waals surface area contributed by atoms with Crippen molar-refractivity contribution in [3.63, 3.8) is 0 Å². The number of unbranched alkanes of at least 4 members (excludes halogenated alkanes) is 13. The van der Waals surface area contributed by atoms with Gasteiger partial charge in [0.1, 0.15) is 6.61 Å². The quantitative estimate of drug-likeness (QED) is 0.0347. The van der Waals surface area contributed by atoms with Crippen molar-refractivity contribution in [1.29, 1.82) is 0 Å². The SMILES string of the molecule is CC/C=C\C/C=C\C/C=C\C/C=C\C/C=C\CCCCCCOCC(COC(=O)CCC/C=C\C/C=C\C/C=C\C/C=C\C/C=C\CC)OC(=O)CCCCCCCCCCC. The molecule has 0 aliphatic carbocycles. The first-order valence-electron chi connectivity index (χ1n) is 25.1. The van der Waals surface area contributed by atoms with Gasteiger partial charge < -0.3 is 14.2 Å². The van der Waals surface area contributed by atoms with Gasteiger partial charge in [-0.3, -0.25) is 9.59 Å². The maximum atomic E-state index is 12.7. The fourth-order valence-electron chi connectivity index (χ4n) is 6.34. The lowest BCUT2D eigenvalue weighted by Gasteiger charge is -2.18. The van der Waals surface area contributed by atoms with E-state index in [1.54, 1.807) is 0 Å². The molecule has 0 aromatic heterocycles. The third-order valence-corrected chi connectivity index (χ3v) is 9.99. The maximum absolute atomic E-state index is 12.7. The molecule has 5 nitrogen and oxygen atoms in total. The molecule has 1 unspecified atom stereocenters. The summed E-state index contributed by atoms with van der Waals surface area (Å²) in [5.41, 5.74) is 0. The van der Waals surface area contributed by atoms with E-state index in [9.17, 15) is 9.59 Å². The summed E-state index contributed by atoms with van der Waals surface area (Å²) in [6.07, 6.45) is 72.2. The molecule has 0 heterocycles. The third-order valence-electron chi connectivity index (χ3n) is 9.99. The van der Waals surface area contributed by atoms with Gasteiger partial charge >= 0.3 is 11.9 Å². The average Bonchev–Trinajstić information content (AvgIpc) is 3.27. The molecule has 0 fully saturated rings.